The summed E-state index contributed by atoms with van der Waals surface area (Å²) in [4.78, 5) is 47.1. The smallest absolute Gasteiger partial charge is 0.313 e. The summed E-state index contributed by atoms with van der Waals surface area (Å²) in [7, 11) is 0. The van der Waals surface area contributed by atoms with Crippen molar-refractivity contribution in [2.45, 2.75) is 57.3 Å². The molecule has 0 bridgehead atoms. The first kappa shape index (κ1) is 27.4. The van der Waals surface area contributed by atoms with E-state index < -0.39 is 35.0 Å². The van der Waals surface area contributed by atoms with Crippen LogP contribution in [0, 0.1) is 11.8 Å². The Hall–Kier alpha value is -3.17. The van der Waals surface area contributed by atoms with Crippen molar-refractivity contribution >= 4 is 29.2 Å². The van der Waals surface area contributed by atoms with Gasteiger partial charge in [-0.3, -0.25) is 14.4 Å². The highest BCUT2D eigenvalue weighted by molar-refractivity contribution is 6.05. The van der Waals surface area contributed by atoms with E-state index >= 15 is 0 Å². The summed E-state index contributed by atoms with van der Waals surface area (Å²) in [5.74, 6) is -3.02. The number of aliphatic hydroxyl groups excluding tert-OH is 1. The predicted octanol–water partition coefficient (Wildman–Crippen LogP) is 2.68. The number of cyclic esters (lactones) is 1. The topological polar surface area (TPSA) is 99.6 Å². The monoisotopic (exact) mass is 537 g/mol. The molecule has 5 atom stereocenters. The van der Waals surface area contributed by atoms with Crippen molar-refractivity contribution in [2.24, 2.45) is 11.8 Å². The van der Waals surface area contributed by atoms with E-state index in [1.54, 1.807) is 17.9 Å². The summed E-state index contributed by atoms with van der Waals surface area (Å²) in [5, 5.41) is 9.87. The van der Waals surface area contributed by atoms with E-state index in [9.17, 15) is 19.5 Å². The molecule has 4 aliphatic heterocycles. The molecular weight excluding hydrogens is 498 g/mol. The molecule has 0 aliphatic carbocycles. The molecular formula is C30H39N3O6. The number of likely N-dealkylation sites (tertiary alicyclic amines) is 1. The Morgan fingerprint density at radius 3 is 2.44 bits per heavy atom. The lowest BCUT2D eigenvalue weighted by Gasteiger charge is -2.37. The number of rotatable bonds is 6. The minimum absolute atomic E-state index is 0.0340. The van der Waals surface area contributed by atoms with Crippen LogP contribution >= 0.6 is 0 Å². The van der Waals surface area contributed by atoms with Gasteiger partial charge in [0.25, 0.3) is 5.91 Å². The van der Waals surface area contributed by atoms with Crippen LogP contribution < -0.4 is 9.80 Å². The van der Waals surface area contributed by atoms with Crippen LogP contribution in [-0.4, -0.2) is 84.4 Å². The third-order valence-corrected chi connectivity index (χ3v) is 8.63. The van der Waals surface area contributed by atoms with E-state index in [0.29, 0.717) is 12.2 Å². The number of allylic oxidation sites excluding steroid dienone is 1. The third-order valence-electron chi connectivity index (χ3n) is 8.63. The summed E-state index contributed by atoms with van der Waals surface area (Å²) in [5.41, 5.74) is -0.712. The van der Waals surface area contributed by atoms with Crippen molar-refractivity contribution in [3.63, 3.8) is 0 Å². The van der Waals surface area contributed by atoms with Crippen LogP contribution in [0.4, 0.5) is 11.4 Å². The van der Waals surface area contributed by atoms with E-state index in [2.05, 4.69) is 18.7 Å². The van der Waals surface area contributed by atoms with Crippen molar-refractivity contribution in [3.05, 3.63) is 48.6 Å². The van der Waals surface area contributed by atoms with Crippen molar-refractivity contribution in [3.8, 4) is 0 Å². The van der Waals surface area contributed by atoms with Crippen LogP contribution in [-0.2, 0) is 23.9 Å². The van der Waals surface area contributed by atoms with E-state index in [1.165, 1.54) is 4.90 Å². The number of carbonyl (C=O) groups is 3. The number of anilines is 2. The molecule has 1 unspecified atom stereocenters. The van der Waals surface area contributed by atoms with Gasteiger partial charge in [-0.05, 0) is 64.3 Å². The minimum Gasteiger partial charge on any atom is -0.465 e. The molecule has 0 aromatic heterocycles. The molecule has 210 valence electrons. The first-order valence-corrected chi connectivity index (χ1v) is 14.1. The molecule has 4 heterocycles. The van der Waals surface area contributed by atoms with Gasteiger partial charge in [0.05, 0.1) is 24.7 Å². The summed E-state index contributed by atoms with van der Waals surface area (Å²) in [6, 6.07) is 6.80. The molecule has 2 fully saturated rings. The molecule has 9 nitrogen and oxygen atoms in total. The number of amides is 2. The number of fused-ring (bicyclic) bond motifs is 2. The molecule has 1 aromatic carbocycles. The largest absolute Gasteiger partial charge is 0.465 e. The van der Waals surface area contributed by atoms with Gasteiger partial charge in [0, 0.05) is 37.6 Å². The van der Waals surface area contributed by atoms with E-state index in [1.807, 2.05) is 42.5 Å². The maximum Gasteiger partial charge on any atom is 0.313 e. The molecule has 2 saturated heterocycles. The second-order valence-electron chi connectivity index (χ2n) is 10.9. The van der Waals surface area contributed by atoms with E-state index in [4.69, 9.17) is 9.47 Å². The first-order valence-electron chi connectivity index (χ1n) is 14.1. The van der Waals surface area contributed by atoms with Crippen molar-refractivity contribution in [1.29, 1.82) is 0 Å². The molecule has 0 radical (unpaired) electrons. The summed E-state index contributed by atoms with van der Waals surface area (Å²) in [6.07, 6.45) is 9.95. The van der Waals surface area contributed by atoms with Crippen LogP contribution in [0.1, 0.15) is 40.0 Å². The highest BCUT2D eigenvalue weighted by Crippen LogP contribution is 2.57. The van der Waals surface area contributed by atoms with Gasteiger partial charge in [-0.2, -0.15) is 0 Å². The highest BCUT2D eigenvalue weighted by atomic mass is 16.6. The Morgan fingerprint density at radius 1 is 1.00 bits per heavy atom. The molecule has 0 saturated carbocycles. The first-order chi connectivity index (χ1) is 18.8. The number of nitrogens with zero attached hydrogens (tertiary/aromatic N) is 3. The molecule has 1 N–H and O–H groups in total. The molecule has 2 amide bonds. The lowest BCUT2D eigenvalue weighted by atomic mass is 9.74. The van der Waals surface area contributed by atoms with Crippen molar-refractivity contribution in [2.75, 3.05) is 49.2 Å². The number of hydrogen-bond donors (Lipinski definition) is 1. The highest BCUT2D eigenvalue weighted by Gasteiger charge is 2.74. The zero-order valence-corrected chi connectivity index (χ0v) is 23.0. The number of benzene rings is 1. The van der Waals surface area contributed by atoms with Gasteiger partial charge in [-0.1, -0.05) is 24.3 Å². The average Bonchev–Trinajstić information content (AvgIpc) is 3.24. The predicted molar refractivity (Wildman–Crippen MR) is 147 cm³/mol. The fraction of sp³-hybridized carbons (Fsp3) is 0.567. The van der Waals surface area contributed by atoms with Crippen molar-refractivity contribution in [1.82, 2.24) is 4.90 Å². The van der Waals surface area contributed by atoms with Crippen LogP contribution in [0.5, 0.6) is 0 Å². The Kier molecular flexibility index (Phi) is 7.57. The Morgan fingerprint density at radius 2 is 1.74 bits per heavy atom. The van der Waals surface area contributed by atoms with Crippen LogP contribution in [0.2, 0.25) is 0 Å². The van der Waals surface area contributed by atoms with Crippen LogP contribution in [0.3, 0.4) is 0 Å². The standard InChI is InChI=1S/C30H39N3O6/c1-4-31(5-2)21-11-13-22(14-12-21)32-17-10-16-30-23(26(35)33(18-19-34)25(30)27(32)36)24-28(37)38-20-9-7-6-8-15-29(24,3)39-30/h8,10-16,23-25,34H,4-7,9,17-20H2,1-3H3/b15-8-/t23-,24-,25?,29+,30-/m0/s1. The maximum absolute atomic E-state index is 14.3. The van der Waals surface area contributed by atoms with Crippen LogP contribution in [0.15, 0.2) is 48.6 Å². The number of ether oxygens (including phenoxy) is 2. The number of carbonyl (C=O) groups excluding carboxylic acids is 3. The molecule has 4 aliphatic rings. The SMILES string of the molecule is CCN(CC)c1ccc(N2CC=C[C@]34O[C@]5(C)/C=C\CCCCOC(=O)[C@@H]5[C@H]3C(=O)N(CCO)C4C2=O)cc1. The quantitative estimate of drug-likeness (QED) is 0.440. The molecule has 1 spiro atoms. The van der Waals surface area contributed by atoms with Crippen LogP contribution in [0.25, 0.3) is 0 Å². The number of hydrogen-bond acceptors (Lipinski definition) is 7. The molecule has 5 rings (SSSR count). The lowest BCUT2D eigenvalue weighted by molar-refractivity contribution is -0.158. The Balaban J connectivity index is 1.57. The van der Waals surface area contributed by atoms with Gasteiger partial charge in [0.15, 0.2) is 0 Å². The fourth-order valence-electron chi connectivity index (χ4n) is 6.81. The molecule has 9 heteroatoms. The lowest BCUT2D eigenvalue weighted by Crippen LogP contribution is -2.56. The number of esters is 1. The van der Waals surface area contributed by atoms with Gasteiger partial charge in [0.1, 0.15) is 17.6 Å². The number of aliphatic hydroxyl groups is 1. The maximum atomic E-state index is 14.3. The third kappa shape index (κ3) is 4.45. The number of β-amino-alcohol motifs (C(OH)–C–C–N with tert-alkyl or cyclic N) is 1. The summed E-state index contributed by atoms with van der Waals surface area (Å²) in [6.45, 7) is 7.98. The summed E-state index contributed by atoms with van der Waals surface area (Å²) < 4.78 is 12.4. The Bertz CT molecular complexity index is 1160. The van der Waals surface area contributed by atoms with Gasteiger partial charge >= 0.3 is 5.97 Å². The molecule has 1 aromatic rings. The minimum atomic E-state index is -1.37. The van der Waals surface area contributed by atoms with Gasteiger partial charge in [0.2, 0.25) is 5.91 Å². The van der Waals surface area contributed by atoms with Gasteiger partial charge < -0.3 is 29.3 Å². The second-order valence-corrected chi connectivity index (χ2v) is 10.9. The van der Waals surface area contributed by atoms with Gasteiger partial charge in [-0.25, -0.2) is 0 Å². The zero-order chi connectivity index (χ0) is 27.8. The summed E-state index contributed by atoms with van der Waals surface area (Å²) >= 11 is 0. The van der Waals surface area contributed by atoms with Crippen molar-refractivity contribution < 1.29 is 29.0 Å². The average molecular weight is 538 g/mol. The van der Waals surface area contributed by atoms with Gasteiger partial charge in [-0.15, -0.1) is 0 Å². The normalized spacial score (nSPS) is 33.2. The Labute approximate surface area is 230 Å². The second kappa shape index (κ2) is 10.8. The van der Waals surface area contributed by atoms with E-state index in [-0.39, 0.29) is 31.6 Å². The zero-order valence-electron chi connectivity index (χ0n) is 23.0. The fourth-order valence-corrected chi connectivity index (χ4v) is 6.81. The van der Waals surface area contributed by atoms with E-state index in [0.717, 1.165) is 38.0 Å². The molecule has 39 heavy (non-hydrogen) atoms.